The number of aromatic amines is 1. The van der Waals surface area contributed by atoms with E-state index in [0.29, 0.717) is 23.5 Å². The van der Waals surface area contributed by atoms with Crippen LogP contribution < -0.4 is 10.1 Å². The van der Waals surface area contributed by atoms with Crippen molar-refractivity contribution in [1.82, 2.24) is 10.2 Å². The zero-order valence-electron chi connectivity index (χ0n) is 12.1. The highest BCUT2D eigenvalue weighted by Crippen LogP contribution is 2.41. The molecule has 2 heterocycles. The second-order valence-electron chi connectivity index (χ2n) is 5.77. The van der Waals surface area contributed by atoms with Gasteiger partial charge in [-0.1, -0.05) is 12.1 Å². The zero-order valence-corrected chi connectivity index (χ0v) is 12.1. The van der Waals surface area contributed by atoms with Crippen molar-refractivity contribution in [2.24, 2.45) is 0 Å². The third-order valence-electron chi connectivity index (χ3n) is 4.14. The number of aromatic nitrogens is 2. The molecule has 0 radical (unpaired) electrons. The second-order valence-corrected chi connectivity index (χ2v) is 5.77. The first kappa shape index (κ1) is 13.8. The molecule has 1 unspecified atom stereocenters. The van der Waals surface area contributed by atoms with Gasteiger partial charge in [0.25, 0.3) is 5.91 Å². The van der Waals surface area contributed by atoms with Crippen LogP contribution >= 0.6 is 0 Å². The molecule has 1 aliphatic carbocycles. The number of anilines is 1. The maximum atomic E-state index is 13.7. The summed E-state index contributed by atoms with van der Waals surface area (Å²) in [6.07, 6.45) is 1.50. The number of fused-ring (bicyclic) bond motifs is 1. The lowest BCUT2D eigenvalue weighted by Gasteiger charge is -2.10. The third-order valence-corrected chi connectivity index (χ3v) is 4.14. The quantitative estimate of drug-likeness (QED) is 0.909. The number of carbonyl (C=O) groups is 1. The molecular weight excluding hydrogens is 299 g/mol. The highest BCUT2D eigenvalue weighted by atomic mass is 19.1. The van der Waals surface area contributed by atoms with E-state index in [1.807, 2.05) is 0 Å². The number of ether oxygens (including phenoxy) is 1. The van der Waals surface area contributed by atoms with Gasteiger partial charge in [-0.15, -0.1) is 0 Å². The van der Waals surface area contributed by atoms with Crippen LogP contribution in [-0.2, 0) is 11.2 Å². The van der Waals surface area contributed by atoms with E-state index in [1.54, 1.807) is 12.1 Å². The van der Waals surface area contributed by atoms with Crippen LogP contribution in [-0.4, -0.2) is 22.2 Å². The van der Waals surface area contributed by atoms with Crippen molar-refractivity contribution in [3.63, 3.8) is 0 Å². The van der Waals surface area contributed by atoms with Gasteiger partial charge in [0.2, 0.25) is 0 Å². The van der Waals surface area contributed by atoms with Gasteiger partial charge in [-0.25, -0.2) is 4.39 Å². The minimum atomic E-state index is -0.825. The number of para-hydroxylation sites is 1. The molecule has 1 fully saturated rings. The summed E-state index contributed by atoms with van der Waals surface area (Å²) < 4.78 is 19.1. The Morgan fingerprint density at radius 1 is 1.48 bits per heavy atom. The number of benzene rings is 1. The number of hydrogen-bond donors (Lipinski definition) is 2. The summed E-state index contributed by atoms with van der Waals surface area (Å²) in [5.74, 6) is -0.269. The molecule has 23 heavy (non-hydrogen) atoms. The van der Waals surface area contributed by atoms with Crippen LogP contribution in [0.1, 0.15) is 35.6 Å². The smallest absolute Gasteiger partial charge is 0.267 e. The van der Waals surface area contributed by atoms with Gasteiger partial charge in [-0.3, -0.25) is 9.89 Å². The summed E-state index contributed by atoms with van der Waals surface area (Å²) >= 11 is 0. The van der Waals surface area contributed by atoms with Gasteiger partial charge in [0.05, 0.1) is 5.69 Å². The van der Waals surface area contributed by atoms with Crippen molar-refractivity contribution in [1.29, 1.82) is 5.26 Å². The minimum absolute atomic E-state index is 0.119. The summed E-state index contributed by atoms with van der Waals surface area (Å²) in [7, 11) is 0. The lowest BCUT2D eigenvalue weighted by Crippen LogP contribution is -2.31. The van der Waals surface area contributed by atoms with Crippen molar-refractivity contribution in [2.75, 3.05) is 5.32 Å². The van der Waals surface area contributed by atoms with E-state index in [0.717, 1.165) is 18.5 Å². The predicted octanol–water partition coefficient (Wildman–Crippen LogP) is 2.24. The number of hydrogen-bond acceptors (Lipinski definition) is 4. The van der Waals surface area contributed by atoms with Crippen LogP contribution in [0.3, 0.4) is 0 Å². The van der Waals surface area contributed by atoms with Crippen molar-refractivity contribution in [3.8, 4) is 11.8 Å². The normalized spacial score (nSPS) is 18.9. The van der Waals surface area contributed by atoms with E-state index in [-0.39, 0.29) is 11.6 Å². The molecule has 1 aromatic carbocycles. The fourth-order valence-electron chi connectivity index (χ4n) is 2.80. The van der Waals surface area contributed by atoms with Crippen LogP contribution in [0.2, 0.25) is 0 Å². The summed E-state index contributed by atoms with van der Waals surface area (Å²) in [6, 6.07) is 6.69. The van der Waals surface area contributed by atoms with Gasteiger partial charge in [0.15, 0.2) is 23.5 Å². The van der Waals surface area contributed by atoms with Gasteiger partial charge in [0.1, 0.15) is 11.6 Å². The summed E-state index contributed by atoms with van der Waals surface area (Å²) in [6.45, 7) is 0. The average Bonchev–Trinajstić information content (AvgIpc) is 3.15. The van der Waals surface area contributed by atoms with Gasteiger partial charge in [-0.05, 0) is 18.9 Å². The molecule has 2 aliphatic rings. The highest BCUT2D eigenvalue weighted by Gasteiger charge is 2.34. The van der Waals surface area contributed by atoms with Gasteiger partial charge < -0.3 is 10.1 Å². The molecule has 6 nitrogen and oxygen atoms in total. The monoisotopic (exact) mass is 312 g/mol. The van der Waals surface area contributed by atoms with Crippen LogP contribution in [0.25, 0.3) is 0 Å². The first-order valence-corrected chi connectivity index (χ1v) is 7.40. The molecule has 1 aliphatic heterocycles. The zero-order chi connectivity index (χ0) is 16.0. The van der Waals surface area contributed by atoms with E-state index in [2.05, 4.69) is 21.6 Å². The van der Waals surface area contributed by atoms with Crippen LogP contribution in [0, 0.1) is 17.1 Å². The van der Waals surface area contributed by atoms with Gasteiger partial charge in [-0.2, -0.15) is 10.4 Å². The molecular formula is C16H13FN4O2. The molecule has 1 atom stereocenters. The van der Waals surface area contributed by atoms with Crippen LogP contribution in [0.4, 0.5) is 10.2 Å². The highest BCUT2D eigenvalue weighted by molar-refractivity contribution is 5.95. The number of nitrogens with zero attached hydrogens (tertiary/aromatic N) is 2. The number of amides is 1. The molecule has 1 saturated carbocycles. The molecule has 0 spiro atoms. The molecule has 1 aromatic heterocycles. The second kappa shape index (κ2) is 5.09. The largest absolute Gasteiger partial charge is 0.477 e. The van der Waals surface area contributed by atoms with Gasteiger partial charge in [0, 0.05) is 17.9 Å². The maximum absolute atomic E-state index is 13.7. The number of halogens is 1. The lowest BCUT2D eigenvalue weighted by atomic mass is 10.1. The standard InChI is InChI=1S/C16H13FN4O2/c17-11-3-1-2-9-6-12(23-14(9)11)16(22)19-15-10(7-18)13(20-21-15)8-4-5-8/h1-3,8,12H,4-6H2,(H2,19,20,21,22). The Kier molecular flexibility index (Phi) is 3.05. The molecule has 2 aromatic rings. The molecule has 7 heteroatoms. The minimum Gasteiger partial charge on any atom is -0.477 e. The Morgan fingerprint density at radius 2 is 2.30 bits per heavy atom. The van der Waals surface area contributed by atoms with Crippen molar-refractivity contribution >= 4 is 11.7 Å². The fraction of sp³-hybridized carbons (Fsp3) is 0.312. The number of nitrogens with one attached hydrogen (secondary N) is 2. The number of rotatable bonds is 3. The molecule has 1 amide bonds. The summed E-state index contributed by atoms with van der Waals surface area (Å²) in [5, 5.41) is 18.7. The Hall–Kier alpha value is -2.88. The molecule has 116 valence electrons. The average molecular weight is 312 g/mol. The number of carbonyl (C=O) groups excluding carboxylic acids is 1. The fourth-order valence-corrected chi connectivity index (χ4v) is 2.80. The van der Waals surface area contributed by atoms with Crippen molar-refractivity contribution < 1.29 is 13.9 Å². The lowest BCUT2D eigenvalue weighted by molar-refractivity contribution is -0.122. The van der Waals surface area contributed by atoms with Crippen molar-refractivity contribution in [3.05, 3.63) is 40.8 Å². The molecule has 4 rings (SSSR count). The topological polar surface area (TPSA) is 90.8 Å². The number of H-pyrrole nitrogens is 1. The first-order chi connectivity index (χ1) is 11.2. The third kappa shape index (κ3) is 2.32. The van der Waals surface area contributed by atoms with E-state index in [4.69, 9.17) is 4.74 Å². The molecule has 0 saturated heterocycles. The summed E-state index contributed by atoms with van der Waals surface area (Å²) in [5.41, 5.74) is 1.79. The molecule has 2 N–H and O–H groups in total. The SMILES string of the molecule is N#Cc1c(NC(=O)C2Cc3cccc(F)c3O2)n[nH]c1C1CC1. The van der Waals surface area contributed by atoms with Crippen LogP contribution in [0.15, 0.2) is 18.2 Å². The summed E-state index contributed by atoms with van der Waals surface area (Å²) in [4.78, 5) is 12.3. The Morgan fingerprint density at radius 3 is 3.00 bits per heavy atom. The maximum Gasteiger partial charge on any atom is 0.267 e. The van der Waals surface area contributed by atoms with E-state index >= 15 is 0 Å². The van der Waals surface area contributed by atoms with E-state index in [9.17, 15) is 14.4 Å². The van der Waals surface area contributed by atoms with E-state index < -0.39 is 17.8 Å². The number of nitriles is 1. The van der Waals surface area contributed by atoms with Crippen LogP contribution in [0.5, 0.6) is 5.75 Å². The Bertz CT molecular complexity index is 835. The molecule has 0 bridgehead atoms. The van der Waals surface area contributed by atoms with Crippen molar-refractivity contribution in [2.45, 2.75) is 31.3 Å². The van der Waals surface area contributed by atoms with Gasteiger partial charge >= 0.3 is 0 Å². The predicted molar refractivity (Wildman–Crippen MR) is 78.4 cm³/mol. The van der Waals surface area contributed by atoms with E-state index in [1.165, 1.54) is 6.07 Å². The Labute approximate surface area is 131 Å². The Balaban J connectivity index is 1.52. The first-order valence-electron chi connectivity index (χ1n) is 7.40.